The van der Waals surface area contributed by atoms with Crippen molar-refractivity contribution < 1.29 is 4.79 Å². The van der Waals surface area contributed by atoms with Gasteiger partial charge in [-0.25, -0.2) is 0 Å². The van der Waals surface area contributed by atoms with E-state index < -0.39 is 0 Å². The topological polar surface area (TPSA) is 46.1 Å². The number of rotatable bonds is 3. The van der Waals surface area contributed by atoms with E-state index in [0.29, 0.717) is 6.04 Å². The Bertz CT molecular complexity index is 606. The first-order valence-electron chi connectivity index (χ1n) is 7.50. The van der Waals surface area contributed by atoms with Gasteiger partial charge in [0.15, 0.2) is 0 Å². The monoisotopic (exact) mass is 283 g/mol. The molecule has 1 aliphatic rings. The molecule has 2 aromatic rings. The Morgan fingerprint density at radius 2 is 2.10 bits per heavy atom. The van der Waals surface area contributed by atoms with Gasteiger partial charge in [0.25, 0.3) is 0 Å². The molecule has 2 N–H and O–H groups in total. The van der Waals surface area contributed by atoms with E-state index in [1.807, 2.05) is 53.4 Å². The molecule has 1 aromatic carbocycles. The molecule has 0 radical (unpaired) electrons. The molecule has 1 amide bonds. The van der Waals surface area contributed by atoms with E-state index in [4.69, 9.17) is 0 Å². The van der Waals surface area contributed by atoms with Crippen LogP contribution in [0.15, 0.2) is 48.8 Å². The number of piperidine rings is 1. The molecule has 1 fully saturated rings. The number of nitrogens with one attached hydrogen (secondary N) is 2. The largest absolute Gasteiger partial charge is 0.326 e. The Morgan fingerprint density at radius 1 is 1.29 bits per heavy atom. The third-order valence-electron chi connectivity index (χ3n) is 4.01. The normalized spacial score (nSPS) is 22.0. The zero-order chi connectivity index (χ0) is 14.7. The van der Waals surface area contributed by atoms with Gasteiger partial charge in [0.1, 0.15) is 0 Å². The van der Waals surface area contributed by atoms with Gasteiger partial charge in [0.05, 0.1) is 0 Å². The molecule has 0 bridgehead atoms. The number of benzene rings is 1. The lowest BCUT2D eigenvalue weighted by Gasteiger charge is -2.27. The van der Waals surface area contributed by atoms with Crippen molar-refractivity contribution in [1.82, 2.24) is 9.88 Å². The van der Waals surface area contributed by atoms with Crippen LogP contribution in [0, 0.1) is 5.92 Å². The molecule has 0 spiro atoms. The van der Waals surface area contributed by atoms with Crippen molar-refractivity contribution in [2.24, 2.45) is 5.92 Å². The molecule has 4 nitrogen and oxygen atoms in total. The maximum Gasteiger partial charge on any atom is 0.227 e. The second-order valence-electron chi connectivity index (χ2n) is 5.71. The van der Waals surface area contributed by atoms with Crippen LogP contribution in [-0.2, 0) is 4.79 Å². The number of hydrogen-bond acceptors (Lipinski definition) is 2. The van der Waals surface area contributed by atoms with Crippen LogP contribution in [0.2, 0.25) is 0 Å². The van der Waals surface area contributed by atoms with Gasteiger partial charge in [-0.2, -0.15) is 0 Å². The van der Waals surface area contributed by atoms with E-state index in [-0.39, 0.29) is 11.8 Å². The zero-order valence-electron chi connectivity index (χ0n) is 12.3. The van der Waals surface area contributed by atoms with Crippen molar-refractivity contribution >= 4 is 11.6 Å². The maximum absolute atomic E-state index is 12.4. The highest BCUT2D eigenvalue weighted by Crippen LogP contribution is 2.20. The minimum Gasteiger partial charge on any atom is -0.326 e. The molecule has 1 saturated heterocycles. The number of carbonyl (C=O) groups excluding carboxylic acids is 1. The Hall–Kier alpha value is -2.07. The van der Waals surface area contributed by atoms with Crippen molar-refractivity contribution in [3.8, 4) is 5.69 Å². The van der Waals surface area contributed by atoms with Gasteiger partial charge < -0.3 is 15.2 Å². The fourth-order valence-corrected chi connectivity index (χ4v) is 2.87. The number of amides is 1. The number of hydrogen-bond donors (Lipinski definition) is 2. The maximum atomic E-state index is 12.4. The summed E-state index contributed by atoms with van der Waals surface area (Å²) >= 11 is 0. The van der Waals surface area contributed by atoms with Crippen LogP contribution in [0.25, 0.3) is 5.69 Å². The molecule has 4 heteroatoms. The summed E-state index contributed by atoms with van der Waals surface area (Å²) in [6.45, 7) is 3.05. The van der Waals surface area contributed by atoms with E-state index in [1.54, 1.807) is 0 Å². The molecule has 0 saturated carbocycles. The summed E-state index contributed by atoms with van der Waals surface area (Å²) in [6.07, 6.45) is 5.81. The van der Waals surface area contributed by atoms with Gasteiger partial charge in [0, 0.05) is 35.7 Å². The van der Waals surface area contributed by atoms with Crippen LogP contribution < -0.4 is 10.6 Å². The third-order valence-corrected chi connectivity index (χ3v) is 4.01. The zero-order valence-corrected chi connectivity index (χ0v) is 12.3. The number of nitrogens with zero attached hydrogens (tertiary/aromatic N) is 1. The minimum atomic E-state index is 0.108. The third kappa shape index (κ3) is 3.34. The van der Waals surface area contributed by atoms with Crippen molar-refractivity contribution in [2.75, 3.05) is 11.9 Å². The van der Waals surface area contributed by atoms with Crippen molar-refractivity contribution in [3.05, 3.63) is 48.8 Å². The first-order chi connectivity index (χ1) is 10.2. The van der Waals surface area contributed by atoms with Gasteiger partial charge in [-0.05, 0) is 56.6 Å². The molecular weight excluding hydrogens is 262 g/mol. The lowest BCUT2D eigenvalue weighted by molar-refractivity contribution is -0.120. The van der Waals surface area contributed by atoms with E-state index in [9.17, 15) is 4.79 Å². The van der Waals surface area contributed by atoms with E-state index in [1.165, 1.54) is 0 Å². The van der Waals surface area contributed by atoms with Crippen molar-refractivity contribution in [1.29, 1.82) is 0 Å². The summed E-state index contributed by atoms with van der Waals surface area (Å²) in [5, 5.41) is 6.43. The summed E-state index contributed by atoms with van der Waals surface area (Å²) in [6, 6.07) is 12.3. The van der Waals surface area contributed by atoms with Gasteiger partial charge in [0.2, 0.25) is 5.91 Å². The lowest BCUT2D eigenvalue weighted by atomic mass is 9.92. The molecule has 21 heavy (non-hydrogen) atoms. The molecule has 2 atom stereocenters. The Kier molecular flexibility index (Phi) is 4.06. The Morgan fingerprint density at radius 3 is 2.86 bits per heavy atom. The second kappa shape index (κ2) is 6.14. The second-order valence-corrected chi connectivity index (χ2v) is 5.71. The van der Waals surface area contributed by atoms with Crippen LogP contribution in [0.3, 0.4) is 0 Å². The highest BCUT2D eigenvalue weighted by molar-refractivity contribution is 5.92. The van der Waals surface area contributed by atoms with Crippen LogP contribution in [0.4, 0.5) is 5.69 Å². The van der Waals surface area contributed by atoms with E-state index in [0.717, 1.165) is 30.8 Å². The molecule has 110 valence electrons. The minimum absolute atomic E-state index is 0.108. The van der Waals surface area contributed by atoms with Crippen LogP contribution in [0.1, 0.15) is 19.8 Å². The van der Waals surface area contributed by atoms with Gasteiger partial charge >= 0.3 is 0 Å². The predicted octanol–water partition coefficient (Wildman–Crippen LogP) is 2.80. The van der Waals surface area contributed by atoms with E-state index in [2.05, 4.69) is 17.6 Å². The predicted molar refractivity (Wildman–Crippen MR) is 84.6 cm³/mol. The summed E-state index contributed by atoms with van der Waals surface area (Å²) < 4.78 is 2.03. The first-order valence-corrected chi connectivity index (χ1v) is 7.50. The first kappa shape index (κ1) is 13.9. The standard InChI is InChI=1S/C17H21N3O/c1-13-11-14(7-8-18-13)17(21)19-15-5-4-6-16(12-15)20-9-2-3-10-20/h2-6,9-10,12-14,18H,7-8,11H2,1H3,(H,19,21). The highest BCUT2D eigenvalue weighted by atomic mass is 16.1. The summed E-state index contributed by atoms with van der Waals surface area (Å²) in [7, 11) is 0. The number of anilines is 1. The highest BCUT2D eigenvalue weighted by Gasteiger charge is 2.24. The van der Waals surface area contributed by atoms with Gasteiger partial charge in [-0.3, -0.25) is 4.79 Å². The molecular formula is C17H21N3O. The SMILES string of the molecule is CC1CC(C(=O)Nc2cccc(-n3cccc3)c2)CCN1. The van der Waals surface area contributed by atoms with Gasteiger partial charge in [-0.1, -0.05) is 6.07 Å². The fourth-order valence-electron chi connectivity index (χ4n) is 2.87. The van der Waals surface area contributed by atoms with Crippen LogP contribution in [-0.4, -0.2) is 23.1 Å². The Balaban J connectivity index is 1.70. The molecule has 2 unspecified atom stereocenters. The summed E-state index contributed by atoms with van der Waals surface area (Å²) in [4.78, 5) is 12.4. The molecule has 2 heterocycles. The van der Waals surface area contributed by atoms with Crippen molar-refractivity contribution in [2.45, 2.75) is 25.8 Å². The average Bonchev–Trinajstić information content (AvgIpc) is 3.02. The van der Waals surface area contributed by atoms with Crippen LogP contribution in [0.5, 0.6) is 0 Å². The van der Waals surface area contributed by atoms with E-state index >= 15 is 0 Å². The number of carbonyl (C=O) groups is 1. The quantitative estimate of drug-likeness (QED) is 0.910. The summed E-state index contributed by atoms with van der Waals surface area (Å²) in [5.74, 6) is 0.240. The smallest absolute Gasteiger partial charge is 0.227 e. The van der Waals surface area contributed by atoms with Gasteiger partial charge in [-0.15, -0.1) is 0 Å². The average molecular weight is 283 g/mol. The molecule has 1 aliphatic heterocycles. The molecule has 3 rings (SSSR count). The Labute approximate surface area is 125 Å². The van der Waals surface area contributed by atoms with Crippen molar-refractivity contribution in [3.63, 3.8) is 0 Å². The van der Waals surface area contributed by atoms with Crippen LogP contribution >= 0.6 is 0 Å². The summed E-state index contributed by atoms with van der Waals surface area (Å²) in [5.41, 5.74) is 1.91. The molecule has 1 aromatic heterocycles. The molecule has 0 aliphatic carbocycles. The fraction of sp³-hybridized carbons (Fsp3) is 0.353. The number of aromatic nitrogens is 1. The lowest BCUT2D eigenvalue weighted by Crippen LogP contribution is -2.40.